The monoisotopic (exact) mass is 378 g/mol. The zero-order chi connectivity index (χ0) is 19.0. The molecular formula is C21H22N4OS. The molecule has 3 aromatic rings. The summed E-state index contributed by atoms with van der Waals surface area (Å²) in [7, 11) is 3.64. The third-order valence-corrected chi connectivity index (χ3v) is 5.82. The molecule has 1 aliphatic carbocycles. The Labute approximate surface area is 163 Å². The first-order valence-electron chi connectivity index (χ1n) is 8.98. The lowest BCUT2D eigenvalue weighted by molar-refractivity contribution is -0.130. The Balaban J connectivity index is 1.50. The summed E-state index contributed by atoms with van der Waals surface area (Å²) < 4.78 is 0. The van der Waals surface area contributed by atoms with Crippen molar-refractivity contribution < 1.29 is 4.79 Å². The van der Waals surface area contributed by atoms with Crippen LogP contribution < -0.4 is 0 Å². The third-order valence-electron chi connectivity index (χ3n) is 4.87. The number of benzene rings is 1. The van der Waals surface area contributed by atoms with Crippen LogP contribution in [0.4, 0.5) is 0 Å². The van der Waals surface area contributed by atoms with E-state index in [1.807, 2.05) is 33.3 Å². The minimum atomic E-state index is 0.136. The lowest BCUT2D eigenvalue weighted by Gasteiger charge is -2.10. The summed E-state index contributed by atoms with van der Waals surface area (Å²) in [5.41, 5.74) is 4.45. The molecule has 2 aromatic heterocycles. The number of aryl methyl sites for hydroxylation is 1. The van der Waals surface area contributed by atoms with Crippen molar-refractivity contribution in [1.82, 2.24) is 19.9 Å². The number of carbonyl (C=O) groups is 1. The van der Waals surface area contributed by atoms with E-state index in [0.29, 0.717) is 5.92 Å². The molecule has 138 valence electrons. The molecule has 1 aliphatic rings. The second-order valence-electron chi connectivity index (χ2n) is 7.16. The van der Waals surface area contributed by atoms with Crippen LogP contribution in [-0.4, -0.2) is 39.9 Å². The molecule has 0 saturated heterocycles. The molecule has 2 atom stereocenters. The van der Waals surface area contributed by atoms with Crippen LogP contribution in [0, 0.1) is 12.8 Å². The second-order valence-corrected chi connectivity index (χ2v) is 8.17. The molecule has 6 heteroatoms. The van der Waals surface area contributed by atoms with E-state index in [1.165, 1.54) is 5.56 Å². The minimum Gasteiger partial charge on any atom is -0.349 e. The van der Waals surface area contributed by atoms with E-state index in [0.717, 1.165) is 33.3 Å². The maximum Gasteiger partial charge on any atom is 0.225 e. The molecule has 0 bridgehead atoms. The van der Waals surface area contributed by atoms with E-state index < -0.39 is 0 Å². The lowest BCUT2D eigenvalue weighted by Crippen LogP contribution is -2.23. The zero-order valence-electron chi connectivity index (χ0n) is 15.6. The Kier molecular flexibility index (Phi) is 4.74. The highest BCUT2D eigenvalue weighted by molar-refractivity contribution is 7.99. The molecule has 2 heterocycles. The maximum atomic E-state index is 12.1. The third kappa shape index (κ3) is 3.76. The molecule has 0 aliphatic heterocycles. The van der Waals surface area contributed by atoms with Crippen LogP contribution in [0.3, 0.4) is 0 Å². The Bertz CT molecular complexity index is 947. The van der Waals surface area contributed by atoms with E-state index in [1.54, 1.807) is 23.0 Å². The van der Waals surface area contributed by atoms with E-state index in [9.17, 15) is 4.79 Å². The van der Waals surface area contributed by atoms with Gasteiger partial charge in [0, 0.05) is 31.8 Å². The number of carbonyl (C=O) groups excluding carboxylic acids is 1. The van der Waals surface area contributed by atoms with Crippen LogP contribution in [0.1, 0.15) is 23.5 Å². The highest BCUT2D eigenvalue weighted by Gasteiger charge is 2.44. The molecule has 0 radical (unpaired) electrons. The number of nitrogens with one attached hydrogen (secondary N) is 1. The van der Waals surface area contributed by atoms with Gasteiger partial charge in [0.05, 0.1) is 12.0 Å². The second kappa shape index (κ2) is 7.19. The van der Waals surface area contributed by atoms with Gasteiger partial charge in [-0.2, -0.15) is 0 Å². The number of nitrogens with zero attached hydrogens (tertiary/aromatic N) is 3. The summed E-state index contributed by atoms with van der Waals surface area (Å²) in [4.78, 5) is 25.9. The van der Waals surface area contributed by atoms with Crippen molar-refractivity contribution in [2.75, 3.05) is 14.1 Å². The number of hydrogen-bond donors (Lipinski definition) is 1. The summed E-state index contributed by atoms with van der Waals surface area (Å²) in [6, 6.07) is 12.5. The summed E-state index contributed by atoms with van der Waals surface area (Å²) >= 11 is 1.55. The largest absolute Gasteiger partial charge is 0.349 e. The van der Waals surface area contributed by atoms with Crippen LogP contribution in [0.5, 0.6) is 0 Å². The molecule has 4 rings (SSSR count). The number of hydrogen-bond acceptors (Lipinski definition) is 4. The van der Waals surface area contributed by atoms with E-state index in [2.05, 4.69) is 45.3 Å². The van der Waals surface area contributed by atoms with Crippen molar-refractivity contribution >= 4 is 17.7 Å². The van der Waals surface area contributed by atoms with Crippen molar-refractivity contribution in [2.45, 2.75) is 29.3 Å². The van der Waals surface area contributed by atoms with Crippen LogP contribution >= 0.6 is 11.8 Å². The van der Waals surface area contributed by atoms with Gasteiger partial charge in [-0.15, -0.1) is 0 Å². The quantitative estimate of drug-likeness (QED) is 0.725. The normalized spacial score (nSPS) is 18.3. The summed E-state index contributed by atoms with van der Waals surface area (Å²) in [6.07, 6.45) is 4.53. The number of amides is 1. The van der Waals surface area contributed by atoms with Crippen molar-refractivity contribution in [2.24, 2.45) is 5.92 Å². The molecule has 1 N–H and O–H groups in total. The minimum absolute atomic E-state index is 0.136. The van der Waals surface area contributed by atoms with E-state index in [4.69, 9.17) is 0 Å². The Hall–Kier alpha value is -2.60. The number of aromatic amines is 1. The number of rotatable bonds is 5. The fourth-order valence-electron chi connectivity index (χ4n) is 3.24. The number of aromatic nitrogens is 3. The number of imidazole rings is 1. The molecule has 1 amide bonds. The van der Waals surface area contributed by atoms with Crippen LogP contribution in [-0.2, 0) is 4.79 Å². The van der Waals surface area contributed by atoms with Gasteiger partial charge in [-0.05, 0) is 48.2 Å². The lowest BCUT2D eigenvalue weighted by atomic mass is 10.1. The molecule has 1 saturated carbocycles. The number of H-pyrrole nitrogens is 1. The van der Waals surface area contributed by atoms with Gasteiger partial charge in [-0.1, -0.05) is 30.3 Å². The SMILES string of the molecule is Cc1ccc(Sc2nc[nH]c2-c2ccc([C@H]3C[C@@H]3C(=O)N(C)C)cc2)nc1. The Morgan fingerprint density at radius 3 is 2.59 bits per heavy atom. The summed E-state index contributed by atoms with van der Waals surface area (Å²) in [5.74, 6) is 0.708. The molecule has 1 aromatic carbocycles. The molecule has 1 fully saturated rings. The summed E-state index contributed by atoms with van der Waals surface area (Å²) in [5, 5.41) is 1.83. The highest BCUT2D eigenvalue weighted by Crippen LogP contribution is 2.48. The first kappa shape index (κ1) is 17.8. The van der Waals surface area contributed by atoms with Crippen molar-refractivity contribution in [3.8, 4) is 11.3 Å². The van der Waals surface area contributed by atoms with Gasteiger partial charge in [-0.3, -0.25) is 4.79 Å². The molecule has 0 unspecified atom stereocenters. The van der Waals surface area contributed by atoms with Gasteiger partial charge in [0.25, 0.3) is 0 Å². The zero-order valence-corrected chi connectivity index (χ0v) is 16.5. The average Bonchev–Trinajstić information content (AvgIpc) is 3.34. The Morgan fingerprint density at radius 2 is 1.93 bits per heavy atom. The van der Waals surface area contributed by atoms with Crippen LogP contribution in [0.15, 0.2) is 59.0 Å². The van der Waals surface area contributed by atoms with Gasteiger partial charge in [-0.25, -0.2) is 9.97 Å². The van der Waals surface area contributed by atoms with Gasteiger partial charge in [0.2, 0.25) is 5.91 Å². The number of pyridine rings is 1. The first-order chi connectivity index (χ1) is 13.0. The van der Waals surface area contributed by atoms with Gasteiger partial charge >= 0.3 is 0 Å². The standard InChI is InChI=1S/C21H22N4OS/c1-13-4-9-18(22-11-13)27-20-19(23-12-24-20)15-7-5-14(6-8-15)16-10-17(16)21(26)25(2)3/h4-9,11-12,16-17H,10H2,1-3H3,(H,23,24)/t16-,17+/m1/s1. The van der Waals surface area contributed by atoms with Crippen molar-refractivity contribution in [3.05, 3.63) is 60.0 Å². The van der Waals surface area contributed by atoms with Crippen LogP contribution in [0.2, 0.25) is 0 Å². The van der Waals surface area contributed by atoms with Gasteiger partial charge in [0.15, 0.2) is 0 Å². The average molecular weight is 379 g/mol. The molecule has 27 heavy (non-hydrogen) atoms. The first-order valence-corrected chi connectivity index (χ1v) is 9.80. The predicted octanol–water partition coefficient (Wildman–Crippen LogP) is 4.12. The smallest absolute Gasteiger partial charge is 0.225 e. The van der Waals surface area contributed by atoms with Crippen molar-refractivity contribution in [3.63, 3.8) is 0 Å². The van der Waals surface area contributed by atoms with Crippen LogP contribution in [0.25, 0.3) is 11.3 Å². The van der Waals surface area contributed by atoms with Crippen molar-refractivity contribution in [1.29, 1.82) is 0 Å². The Morgan fingerprint density at radius 1 is 1.15 bits per heavy atom. The predicted molar refractivity (Wildman–Crippen MR) is 107 cm³/mol. The van der Waals surface area contributed by atoms with E-state index in [-0.39, 0.29) is 11.8 Å². The highest BCUT2D eigenvalue weighted by atomic mass is 32.2. The molecule has 0 spiro atoms. The van der Waals surface area contributed by atoms with Gasteiger partial charge in [0.1, 0.15) is 10.1 Å². The maximum absolute atomic E-state index is 12.1. The molecule has 5 nitrogen and oxygen atoms in total. The topological polar surface area (TPSA) is 61.9 Å². The van der Waals surface area contributed by atoms with E-state index >= 15 is 0 Å². The molecular weight excluding hydrogens is 356 g/mol. The van der Waals surface area contributed by atoms with Gasteiger partial charge < -0.3 is 9.88 Å². The summed E-state index contributed by atoms with van der Waals surface area (Å²) in [6.45, 7) is 2.03. The fourth-order valence-corrected chi connectivity index (χ4v) is 4.07. The fraction of sp³-hybridized carbons (Fsp3) is 0.286.